The van der Waals surface area contributed by atoms with E-state index in [9.17, 15) is 14.4 Å². The van der Waals surface area contributed by atoms with Gasteiger partial charge in [-0.2, -0.15) is 0 Å². The number of rotatable bonds is 7. The number of piperidine rings is 1. The summed E-state index contributed by atoms with van der Waals surface area (Å²) in [6, 6.07) is 16.0. The SMILES string of the molecule is O=C(CCCC1CCN(C(=O)c2cccc(NC(=O)c3ccccc3)c2)CC1)NO. The van der Waals surface area contributed by atoms with Gasteiger partial charge in [0.2, 0.25) is 5.91 Å². The fourth-order valence-electron chi connectivity index (χ4n) is 3.74. The topological polar surface area (TPSA) is 98.7 Å². The molecule has 1 heterocycles. The van der Waals surface area contributed by atoms with Crippen molar-refractivity contribution in [2.24, 2.45) is 5.92 Å². The third-order valence-electron chi connectivity index (χ3n) is 5.45. The number of likely N-dealkylation sites (tertiary alicyclic amines) is 1. The number of amides is 3. The van der Waals surface area contributed by atoms with E-state index in [0.29, 0.717) is 42.2 Å². The molecule has 158 valence electrons. The van der Waals surface area contributed by atoms with Crippen molar-refractivity contribution in [2.45, 2.75) is 32.1 Å². The lowest BCUT2D eigenvalue weighted by molar-refractivity contribution is -0.129. The second-order valence-corrected chi connectivity index (χ2v) is 7.56. The van der Waals surface area contributed by atoms with Gasteiger partial charge in [-0.05, 0) is 61.9 Å². The third-order valence-corrected chi connectivity index (χ3v) is 5.45. The van der Waals surface area contributed by atoms with Gasteiger partial charge in [0.05, 0.1) is 0 Å². The Morgan fingerprint density at radius 1 is 0.967 bits per heavy atom. The number of carbonyl (C=O) groups excluding carboxylic acids is 3. The molecule has 1 fully saturated rings. The van der Waals surface area contributed by atoms with Crippen molar-refractivity contribution in [1.82, 2.24) is 10.4 Å². The Morgan fingerprint density at radius 3 is 2.37 bits per heavy atom. The molecule has 2 aromatic carbocycles. The molecule has 1 aliphatic rings. The molecule has 0 saturated carbocycles. The predicted octanol–water partition coefficient (Wildman–Crippen LogP) is 3.47. The van der Waals surface area contributed by atoms with Crippen molar-refractivity contribution in [3.8, 4) is 0 Å². The maximum Gasteiger partial charge on any atom is 0.255 e. The van der Waals surface area contributed by atoms with E-state index in [1.807, 2.05) is 11.0 Å². The molecule has 3 N–H and O–H groups in total. The van der Waals surface area contributed by atoms with E-state index < -0.39 is 0 Å². The summed E-state index contributed by atoms with van der Waals surface area (Å²) in [5.41, 5.74) is 3.36. The molecule has 0 radical (unpaired) electrons. The highest BCUT2D eigenvalue weighted by atomic mass is 16.5. The molecule has 3 amide bonds. The zero-order valence-corrected chi connectivity index (χ0v) is 16.8. The highest BCUT2D eigenvalue weighted by Crippen LogP contribution is 2.24. The van der Waals surface area contributed by atoms with Crippen molar-refractivity contribution in [3.63, 3.8) is 0 Å². The van der Waals surface area contributed by atoms with Gasteiger partial charge >= 0.3 is 0 Å². The van der Waals surface area contributed by atoms with Crippen LogP contribution in [0.1, 0.15) is 52.8 Å². The lowest BCUT2D eigenvalue weighted by Gasteiger charge is -2.32. The van der Waals surface area contributed by atoms with Crippen LogP contribution in [-0.4, -0.2) is 40.9 Å². The lowest BCUT2D eigenvalue weighted by Crippen LogP contribution is -2.38. The molecule has 1 aliphatic heterocycles. The second-order valence-electron chi connectivity index (χ2n) is 7.56. The molecule has 7 nitrogen and oxygen atoms in total. The normalized spacial score (nSPS) is 14.2. The van der Waals surface area contributed by atoms with Crippen LogP contribution in [-0.2, 0) is 4.79 Å². The van der Waals surface area contributed by atoms with Gasteiger partial charge in [-0.3, -0.25) is 19.6 Å². The smallest absolute Gasteiger partial charge is 0.255 e. The fraction of sp³-hybridized carbons (Fsp3) is 0.348. The molecule has 0 atom stereocenters. The summed E-state index contributed by atoms with van der Waals surface area (Å²) in [6.45, 7) is 1.35. The quantitative estimate of drug-likeness (QED) is 0.482. The summed E-state index contributed by atoms with van der Waals surface area (Å²) >= 11 is 0. The van der Waals surface area contributed by atoms with E-state index in [4.69, 9.17) is 5.21 Å². The number of carbonyl (C=O) groups is 3. The van der Waals surface area contributed by atoms with Crippen LogP contribution in [0.3, 0.4) is 0 Å². The standard InChI is InChI=1S/C23H27N3O4/c27-21(25-30)11-4-6-17-12-14-26(15-13-17)23(29)19-9-5-10-20(16-19)24-22(28)18-7-2-1-3-8-18/h1-3,5,7-10,16-17,30H,4,6,11-15H2,(H,24,28)(H,25,27). The number of hydrogen-bond donors (Lipinski definition) is 3. The largest absolute Gasteiger partial charge is 0.339 e. The summed E-state index contributed by atoms with van der Waals surface area (Å²) in [6.07, 6.45) is 3.76. The first-order valence-electron chi connectivity index (χ1n) is 10.3. The number of nitrogens with zero attached hydrogens (tertiary/aromatic N) is 1. The highest BCUT2D eigenvalue weighted by Gasteiger charge is 2.23. The minimum Gasteiger partial charge on any atom is -0.339 e. The van der Waals surface area contributed by atoms with Gasteiger partial charge < -0.3 is 10.2 Å². The van der Waals surface area contributed by atoms with Crippen molar-refractivity contribution in [3.05, 3.63) is 65.7 Å². The summed E-state index contributed by atoms with van der Waals surface area (Å²) in [4.78, 5) is 38.2. The Kier molecular flexibility index (Phi) is 7.57. The van der Waals surface area contributed by atoms with E-state index in [0.717, 1.165) is 25.7 Å². The Bertz CT molecular complexity index is 877. The zero-order valence-electron chi connectivity index (χ0n) is 16.8. The lowest BCUT2D eigenvalue weighted by atomic mass is 9.91. The van der Waals surface area contributed by atoms with Crippen molar-refractivity contribution >= 4 is 23.4 Å². The summed E-state index contributed by atoms with van der Waals surface area (Å²) in [5.74, 6) is -0.126. The van der Waals surface area contributed by atoms with Gasteiger partial charge in [-0.1, -0.05) is 24.3 Å². The van der Waals surface area contributed by atoms with Crippen LogP contribution < -0.4 is 10.8 Å². The monoisotopic (exact) mass is 409 g/mol. The minimum absolute atomic E-state index is 0.0380. The molecule has 0 spiro atoms. The molecule has 2 aromatic rings. The Hall–Kier alpha value is -3.19. The molecule has 3 rings (SSSR count). The van der Waals surface area contributed by atoms with Crippen molar-refractivity contribution < 1.29 is 19.6 Å². The number of benzene rings is 2. The van der Waals surface area contributed by atoms with Gasteiger partial charge in [0.25, 0.3) is 11.8 Å². The van der Waals surface area contributed by atoms with E-state index in [1.54, 1.807) is 54.0 Å². The van der Waals surface area contributed by atoms with Crippen LogP contribution in [0, 0.1) is 5.92 Å². The number of anilines is 1. The van der Waals surface area contributed by atoms with Gasteiger partial charge in [0, 0.05) is 36.3 Å². The molecule has 30 heavy (non-hydrogen) atoms. The number of hydrogen-bond acceptors (Lipinski definition) is 4. The Balaban J connectivity index is 1.52. The van der Waals surface area contributed by atoms with E-state index >= 15 is 0 Å². The third kappa shape index (κ3) is 5.90. The van der Waals surface area contributed by atoms with Crippen LogP contribution in [0.25, 0.3) is 0 Å². The average Bonchev–Trinajstić information content (AvgIpc) is 2.79. The maximum absolute atomic E-state index is 12.9. The van der Waals surface area contributed by atoms with Gasteiger partial charge in [0.15, 0.2) is 0 Å². The molecule has 0 aliphatic carbocycles. The first-order chi connectivity index (χ1) is 14.6. The van der Waals surface area contributed by atoms with Crippen molar-refractivity contribution in [1.29, 1.82) is 0 Å². The molecular weight excluding hydrogens is 382 g/mol. The number of hydroxylamine groups is 1. The predicted molar refractivity (Wildman–Crippen MR) is 113 cm³/mol. The first-order valence-corrected chi connectivity index (χ1v) is 10.3. The molecule has 0 bridgehead atoms. The molecule has 7 heteroatoms. The van der Waals surface area contributed by atoms with Gasteiger partial charge in [0.1, 0.15) is 0 Å². The molecule has 0 aromatic heterocycles. The van der Waals surface area contributed by atoms with Crippen LogP contribution >= 0.6 is 0 Å². The Labute approximate surface area is 176 Å². The second kappa shape index (κ2) is 10.5. The number of nitrogens with one attached hydrogen (secondary N) is 2. The molecule has 0 unspecified atom stereocenters. The molecular formula is C23H27N3O4. The summed E-state index contributed by atoms with van der Waals surface area (Å²) < 4.78 is 0. The van der Waals surface area contributed by atoms with Crippen LogP contribution in [0.5, 0.6) is 0 Å². The van der Waals surface area contributed by atoms with Crippen LogP contribution in [0.4, 0.5) is 5.69 Å². The maximum atomic E-state index is 12.9. The Morgan fingerprint density at radius 2 is 1.67 bits per heavy atom. The highest BCUT2D eigenvalue weighted by molar-refractivity contribution is 6.05. The van der Waals surface area contributed by atoms with Gasteiger partial charge in [-0.25, -0.2) is 5.48 Å². The zero-order chi connectivity index (χ0) is 21.3. The summed E-state index contributed by atoms with van der Waals surface area (Å²) in [7, 11) is 0. The fourth-order valence-corrected chi connectivity index (χ4v) is 3.74. The van der Waals surface area contributed by atoms with E-state index in [2.05, 4.69) is 5.32 Å². The van der Waals surface area contributed by atoms with Gasteiger partial charge in [-0.15, -0.1) is 0 Å². The summed E-state index contributed by atoms with van der Waals surface area (Å²) in [5, 5.41) is 11.4. The van der Waals surface area contributed by atoms with Crippen molar-refractivity contribution in [2.75, 3.05) is 18.4 Å². The minimum atomic E-state index is -0.359. The average molecular weight is 409 g/mol. The first kappa shape index (κ1) is 21.5. The van der Waals surface area contributed by atoms with Crippen LogP contribution in [0.15, 0.2) is 54.6 Å². The van der Waals surface area contributed by atoms with Crippen LogP contribution in [0.2, 0.25) is 0 Å². The molecule has 1 saturated heterocycles. The van der Waals surface area contributed by atoms with E-state index in [1.165, 1.54) is 0 Å². The van der Waals surface area contributed by atoms with E-state index in [-0.39, 0.29) is 17.7 Å².